The predicted molar refractivity (Wildman–Crippen MR) is 80.3 cm³/mol. The third-order valence-corrected chi connectivity index (χ3v) is 3.92. The average Bonchev–Trinajstić information content (AvgIpc) is 3.11. The number of rotatable bonds is 6. The van der Waals surface area contributed by atoms with Crippen LogP contribution in [0.1, 0.15) is 10.8 Å². The zero-order valence-electron chi connectivity index (χ0n) is 11.3. The molecule has 0 bridgehead atoms. The van der Waals surface area contributed by atoms with Gasteiger partial charge in [-0.2, -0.15) is 0 Å². The molecule has 3 rings (SSSR count). The molecule has 0 aliphatic carbocycles. The van der Waals surface area contributed by atoms with Crippen LogP contribution in [0.3, 0.4) is 0 Å². The molecule has 0 saturated heterocycles. The summed E-state index contributed by atoms with van der Waals surface area (Å²) >= 11 is 1.69. The van der Waals surface area contributed by atoms with Crippen LogP contribution >= 0.6 is 11.3 Å². The Labute approximate surface area is 121 Å². The normalized spacial score (nSPS) is 11.1. The standard InChI is InChI=1S/C15H16N2O2S/c1-18-13-4-2-3-11-9-12(19-15(11)13)10-16-6-5-14-17-7-8-20-14/h2-4,7-9,16H,5-6,10H2,1H3. The van der Waals surface area contributed by atoms with E-state index >= 15 is 0 Å². The van der Waals surface area contributed by atoms with Crippen molar-refractivity contribution in [2.45, 2.75) is 13.0 Å². The van der Waals surface area contributed by atoms with Gasteiger partial charge in [-0.25, -0.2) is 4.98 Å². The Kier molecular flexibility index (Phi) is 3.99. The molecule has 0 spiro atoms. The van der Waals surface area contributed by atoms with Crippen molar-refractivity contribution in [3.63, 3.8) is 0 Å². The van der Waals surface area contributed by atoms with Gasteiger partial charge in [0.15, 0.2) is 11.3 Å². The van der Waals surface area contributed by atoms with Gasteiger partial charge in [0.05, 0.1) is 18.7 Å². The van der Waals surface area contributed by atoms with Crippen LogP contribution in [0.2, 0.25) is 0 Å². The fourth-order valence-electron chi connectivity index (χ4n) is 2.12. The summed E-state index contributed by atoms with van der Waals surface area (Å²) in [5.74, 6) is 1.69. The van der Waals surface area contributed by atoms with Gasteiger partial charge in [0, 0.05) is 29.9 Å². The number of nitrogens with one attached hydrogen (secondary N) is 1. The summed E-state index contributed by atoms with van der Waals surface area (Å²) in [5.41, 5.74) is 0.812. The minimum absolute atomic E-state index is 0.712. The second kappa shape index (κ2) is 6.07. The molecular formula is C15H16N2O2S. The molecule has 0 unspecified atom stereocenters. The molecule has 104 valence electrons. The number of hydrogen-bond acceptors (Lipinski definition) is 5. The Morgan fingerprint density at radius 3 is 3.15 bits per heavy atom. The van der Waals surface area contributed by atoms with Crippen molar-refractivity contribution >= 4 is 22.3 Å². The molecule has 0 fully saturated rings. The molecule has 0 amide bonds. The number of thiazole rings is 1. The summed E-state index contributed by atoms with van der Waals surface area (Å²) in [6.07, 6.45) is 2.78. The molecule has 0 radical (unpaired) electrons. The molecule has 4 nitrogen and oxygen atoms in total. The van der Waals surface area contributed by atoms with Crippen LogP contribution < -0.4 is 10.1 Å². The first-order valence-corrected chi connectivity index (χ1v) is 7.39. The number of hydrogen-bond donors (Lipinski definition) is 1. The van der Waals surface area contributed by atoms with E-state index in [1.54, 1.807) is 18.4 Å². The Morgan fingerprint density at radius 2 is 2.35 bits per heavy atom. The monoisotopic (exact) mass is 288 g/mol. The molecule has 0 atom stereocenters. The van der Waals surface area contributed by atoms with Gasteiger partial charge in [-0.15, -0.1) is 11.3 Å². The second-order valence-corrected chi connectivity index (χ2v) is 5.42. The van der Waals surface area contributed by atoms with Gasteiger partial charge in [0.2, 0.25) is 0 Å². The minimum Gasteiger partial charge on any atom is -0.493 e. The van der Waals surface area contributed by atoms with Gasteiger partial charge in [0.1, 0.15) is 5.76 Å². The molecule has 2 heterocycles. The van der Waals surface area contributed by atoms with Crippen LogP contribution in [0.15, 0.2) is 40.3 Å². The average molecular weight is 288 g/mol. The van der Waals surface area contributed by atoms with E-state index in [-0.39, 0.29) is 0 Å². The van der Waals surface area contributed by atoms with Gasteiger partial charge in [-0.3, -0.25) is 0 Å². The Hall–Kier alpha value is -1.85. The lowest BCUT2D eigenvalue weighted by molar-refractivity contribution is 0.406. The number of methoxy groups -OCH3 is 1. The lowest BCUT2D eigenvalue weighted by Crippen LogP contribution is -2.16. The largest absolute Gasteiger partial charge is 0.493 e. The fourth-order valence-corrected chi connectivity index (χ4v) is 2.74. The molecule has 1 N–H and O–H groups in total. The Morgan fingerprint density at radius 1 is 1.40 bits per heavy atom. The second-order valence-electron chi connectivity index (χ2n) is 4.44. The third-order valence-electron chi connectivity index (χ3n) is 3.08. The molecule has 5 heteroatoms. The van der Waals surface area contributed by atoms with E-state index in [4.69, 9.17) is 9.15 Å². The number of para-hydroxylation sites is 1. The van der Waals surface area contributed by atoms with E-state index < -0.39 is 0 Å². The molecule has 1 aromatic carbocycles. The van der Waals surface area contributed by atoms with Crippen molar-refractivity contribution < 1.29 is 9.15 Å². The first-order chi connectivity index (χ1) is 9.86. The van der Waals surface area contributed by atoms with Crippen molar-refractivity contribution in [1.82, 2.24) is 10.3 Å². The highest BCUT2D eigenvalue weighted by Gasteiger charge is 2.08. The number of benzene rings is 1. The van der Waals surface area contributed by atoms with Gasteiger partial charge in [-0.05, 0) is 12.1 Å². The number of fused-ring (bicyclic) bond motifs is 1. The minimum atomic E-state index is 0.712. The number of nitrogens with zero attached hydrogens (tertiary/aromatic N) is 1. The van der Waals surface area contributed by atoms with E-state index in [0.29, 0.717) is 6.54 Å². The number of ether oxygens (including phenoxy) is 1. The maximum Gasteiger partial charge on any atom is 0.176 e. The van der Waals surface area contributed by atoms with E-state index in [9.17, 15) is 0 Å². The quantitative estimate of drug-likeness (QED) is 0.707. The number of furan rings is 1. The smallest absolute Gasteiger partial charge is 0.176 e. The lowest BCUT2D eigenvalue weighted by atomic mass is 10.2. The molecule has 0 aliphatic heterocycles. The zero-order chi connectivity index (χ0) is 13.8. The van der Waals surface area contributed by atoms with E-state index in [2.05, 4.69) is 10.3 Å². The maximum absolute atomic E-state index is 5.83. The first kappa shape index (κ1) is 13.1. The SMILES string of the molecule is COc1cccc2cc(CNCCc3nccs3)oc12. The molecular weight excluding hydrogens is 272 g/mol. The van der Waals surface area contributed by atoms with Crippen molar-refractivity contribution in [2.24, 2.45) is 0 Å². The van der Waals surface area contributed by atoms with Crippen molar-refractivity contribution in [3.05, 3.63) is 46.6 Å². The van der Waals surface area contributed by atoms with E-state index in [1.807, 2.05) is 35.8 Å². The summed E-state index contributed by atoms with van der Waals surface area (Å²) in [6, 6.07) is 7.95. The highest BCUT2D eigenvalue weighted by Crippen LogP contribution is 2.28. The zero-order valence-corrected chi connectivity index (χ0v) is 12.1. The molecule has 2 aromatic heterocycles. The Balaban J connectivity index is 1.60. The van der Waals surface area contributed by atoms with Crippen LogP contribution in [-0.2, 0) is 13.0 Å². The predicted octanol–water partition coefficient (Wildman–Crippen LogP) is 3.23. The van der Waals surface area contributed by atoms with E-state index in [0.717, 1.165) is 40.5 Å². The number of aromatic nitrogens is 1. The van der Waals surface area contributed by atoms with Crippen LogP contribution in [-0.4, -0.2) is 18.6 Å². The van der Waals surface area contributed by atoms with Gasteiger partial charge in [0.25, 0.3) is 0 Å². The van der Waals surface area contributed by atoms with Gasteiger partial charge >= 0.3 is 0 Å². The topological polar surface area (TPSA) is 47.3 Å². The summed E-state index contributed by atoms with van der Waals surface area (Å²) in [5, 5.41) is 7.60. The summed E-state index contributed by atoms with van der Waals surface area (Å²) in [4.78, 5) is 4.26. The van der Waals surface area contributed by atoms with Crippen LogP contribution in [0.4, 0.5) is 0 Å². The van der Waals surface area contributed by atoms with Crippen LogP contribution in [0, 0.1) is 0 Å². The van der Waals surface area contributed by atoms with Crippen LogP contribution in [0.25, 0.3) is 11.0 Å². The first-order valence-electron chi connectivity index (χ1n) is 6.51. The third kappa shape index (κ3) is 2.84. The van der Waals surface area contributed by atoms with E-state index in [1.165, 1.54) is 0 Å². The lowest BCUT2D eigenvalue weighted by Gasteiger charge is -2.01. The molecule has 3 aromatic rings. The van der Waals surface area contributed by atoms with Crippen molar-refractivity contribution in [2.75, 3.05) is 13.7 Å². The maximum atomic E-state index is 5.83. The highest BCUT2D eigenvalue weighted by molar-refractivity contribution is 7.09. The van der Waals surface area contributed by atoms with Crippen molar-refractivity contribution in [1.29, 1.82) is 0 Å². The molecule has 20 heavy (non-hydrogen) atoms. The molecule has 0 aliphatic rings. The van der Waals surface area contributed by atoms with Gasteiger partial charge in [-0.1, -0.05) is 12.1 Å². The summed E-state index contributed by atoms with van der Waals surface area (Å²) < 4.78 is 11.1. The highest BCUT2D eigenvalue weighted by atomic mass is 32.1. The fraction of sp³-hybridized carbons (Fsp3) is 0.267. The summed E-state index contributed by atoms with van der Waals surface area (Å²) in [6.45, 7) is 1.60. The van der Waals surface area contributed by atoms with Gasteiger partial charge < -0.3 is 14.5 Å². The summed E-state index contributed by atoms with van der Waals surface area (Å²) in [7, 11) is 1.66. The van der Waals surface area contributed by atoms with Crippen LogP contribution in [0.5, 0.6) is 5.75 Å². The Bertz CT molecular complexity index is 676. The van der Waals surface area contributed by atoms with Crippen molar-refractivity contribution in [3.8, 4) is 5.75 Å². The molecule has 0 saturated carbocycles.